The molecule has 1 nitrogen and oxygen atoms in total. The second-order valence-corrected chi connectivity index (χ2v) is 4.97. The largest absolute Gasteiger partial charge is 0.494 e. The zero-order valence-corrected chi connectivity index (χ0v) is 12.0. The van der Waals surface area contributed by atoms with E-state index in [-0.39, 0.29) is 0 Å². The van der Waals surface area contributed by atoms with Crippen molar-refractivity contribution >= 4 is 15.9 Å². The van der Waals surface area contributed by atoms with Crippen LogP contribution in [0, 0.1) is 5.92 Å². The summed E-state index contributed by atoms with van der Waals surface area (Å²) in [4.78, 5) is 0.457. The molecule has 0 aliphatic rings. The number of rotatable bonds is 6. The van der Waals surface area contributed by atoms with Crippen LogP contribution in [0.2, 0.25) is 0 Å². The van der Waals surface area contributed by atoms with E-state index in [1.165, 1.54) is 18.4 Å². The maximum Gasteiger partial charge on any atom is 0.119 e. The van der Waals surface area contributed by atoms with Gasteiger partial charge in [-0.3, -0.25) is 0 Å². The third-order valence-corrected chi connectivity index (χ3v) is 4.25. The zero-order chi connectivity index (χ0) is 12.0. The van der Waals surface area contributed by atoms with Crippen molar-refractivity contribution in [2.45, 2.75) is 38.4 Å². The summed E-state index contributed by atoms with van der Waals surface area (Å²) in [5.74, 6) is 1.66. The van der Waals surface area contributed by atoms with Gasteiger partial charge in [-0.1, -0.05) is 54.8 Å². The Bertz CT molecular complexity index is 290. The Kier molecular flexibility index (Phi) is 5.89. The molecule has 0 aromatic heterocycles. The van der Waals surface area contributed by atoms with E-state index in [0.29, 0.717) is 10.7 Å². The van der Waals surface area contributed by atoms with Crippen molar-refractivity contribution in [1.82, 2.24) is 0 Å². The van der Waals surface area contributed by atoms with Gasteiger partial charge in [0.25, 0.3) is 0 Å². The lowest BCUT2D eigenvalue weighted by molar-refractivity contribution is 0.340. The van der Waals surface area contributed by atoms with Crippen LogP contribution in [0.3, 0.4) is 0 Å². The average molecular weight is 285 g/mol. The highest BCUT2D eigenvalue weighted by Crippen LogP contribution is 2.35. The van der Waals surface area contributed by atoms with Crippen molar-refractivity contribution in [3.8, 4) is 5.75 Å². The Labute approximate surface area is 107 Å². The predicted molar refractivity (Wildman–Crippen MR) is 73.4 cm³/mol. The van der Waals surface area contributed by atoms with E-state index in [1.54, 1.807) is 0 Å². The quantitative estimate of drug-likeness (QED) is 0.671. The third-order valence-electron chi connectivity index (χ3n) is 2.97. The molecule has 1 aromatic carbocycles. The molecule has 0 fully saturated rings. The number of alkyl halides is 1. The normalized spacial score (nSPS) is 12.8. The molecule has 0 amide bonds. The molecular weight excluding hydrogens is 264 g/mol. The highest BCUT2D eigenvalue weighted by atomic mass is 79.9. The molecule has 1 rings (SSSR count). The third kappa shape index (κ3) is 3.51. The van der Waals surface area contributed by atoms with Gasteiger partial charge in [0.2, 0.25) is 0 Å². The highest BCUT2D eigenvalue weighted by Gasteiger charge is 2.16. The van der Waals surface area contributed by atoms with Crippen molar-refractivity contribution in [3.63, 3.8) is 0 Å². The summed E-state index contributed by atoms with van der Waals surface area (Å²) in [6.45, 7) is 7.23. The summed E-state index contributed by atoms with van der Waals surface area (Å²) < 4.78 is 5.44. The van der Waals surface area contributed by atoms with E-state index in [2.05, 4.69) is 54.0 Å². The van der Waals surface area contributed by atoms with Crippen LogP contribution in [0.4, 0.5) is 0 Å². The first-order chi connectivity index (χ1) is 7.72. The van der Waals surface area contributed by atoms with E-state index in [0.717, 1.165) is 12.4 Å². The van der Waals surface area contributed by atoms with E-state index in [4.69, 9.17) is 4.74 Å². The van der Waals surface area contributed by atoms with Crippen molar-refractivity contribution in [1.29, 1.82) is 0 Å². The lowest BCUT2D eigenvalue weighted by atomic mass is 9.94. The molecule has 2 heteroatoms. The first kappa shape index (κ1) is 13.6. The molecule has 90 valence electrons. The molecule has 0 aliphatic carbocycles. The van der Waals surface area contributed by atoms with E-state index >= 15 is 0 Å². The fourth-order valence-electron chi connectivity index (χ4n) is 1.89. The topological polar surface area (TPSA) is 9.23 Å². The van der Waals surface area contributed by atoms with Gasteiger partial charge in [-0.15, -0.1) is 0 Å². The molecule has 1 unspecified atom stereocenters. The van der Waals surface area contributed by atoms with Crippen LogP contribution in [0.15, 0.2) is 24.3 Å². The van der Waals surface area contributed by atoms with Crippen LogP contribution in [-0.4, -0.2) is 6.61 Å². The van der Waals surface area contributed by atoms with Crippen LogP contribution < -0.4 is 4.74 Å². The molecule has 1 aromatic rings. The Morgan fingerprint density at radius 3 is 2.06 bits per heavy atom. The number of ether oxygens (including phenoxy) is 1. The van der Waals surface area contributed by atoms with Gasteiger partial charge in [-0.2, -0.15) is 0 Å². The Balaban J connectivity index is 2.72. The SMILES string of the molecule is CCOc1ccc(C(Br)C(CC)CC)cc1. The summed E-state index contributed by atoms with van der Waals surface area (Å²) in [7, 11) is 0. The van der Waals surface area contributed by atoms with Gasteiger partial charge in [-0.25, -0.2) is 0 Å². The molecule has 0 saturated carbocycles. The van der Waals surface area contributed by atoms with Crippen LogP contribution in [0.5, 0.6) is 5.75 Å². The molecule has 1 atom stereocenters. The number of benzene rings is 1. The smallest absolute Gasteiger partial charge is 0.119 e. The Morgan fingerprint density at radius 1 is 1.06 bits per heavy atom. The van der Waals surface area contributed by atoms with Crippen molar-refractivity contribution in [2.24, 2.45) is 5.92 Å². The van der Waals surface area contributed by atoms with E-state index in [1.807, 2.05) is 6.92 Å². The minimum atomic E-state index is 0.457. The first-order valence-corrected chi connectivity index (χ1v) is 7.01. The fraction of sp³-hybridized carbons (Fsp3) is 0.571. The van der Waals surface area contributed by atoms with Crippen LogP contribution >= 0.6 is 15.9 Å². The first-order valence-electron chi connectivity index (χ1n) is 6.09. The molecule has 0 heterocycles. The molecule has 0 aliphatic heterocycles. The molecular formula is C14H21BrO. The van der Waals surface area contributed by atoms with Gasteiger partial charge in [0.15, 0.2) is 0 Å². The Morgan fingerprint density at radius 2 is 1.62 bits per heavy atom. The van der Waals surface area contributed by atoms with Gasteiger partial charge < -0.3 is 4.74 Å². The maximum absolute atomic E-state index is 5.44. The molecule has 0 N–H and O–H groups in total. The summed E-state index contributed by atoms with van der Waals surface area (Å²) in [5.41, 5.74) is 1.34. The predicted octanol–water partition coefficient (Wildman–Crippen LogP) is 4.96. The van der Waals surface area contributed by atoms with Gasteiger partial charge in [0.1, 0.15) is 5.75 Å². The number of hydrogen-bond acceptors (Lipinski definition) is 1. The summed E-state index contributed by atoms with van der Waals surface area (Å²) in [5, 5.41) is 0. The minimum Gasteiger partial charge on any atom is -0.494 e. The second-order valence-electron chi connectivity index (χ2n) is 3.98. The summed E-state index contributed by atoms with van der Waals surface area (Å²) in [6, 6.07) is 8.41. The van der Waals surface area contributed by atoms with Crippen molar-refractivity contribution in [3.05, 3.63) is 29.8 Å². The van der Waals surface area contributed by atoms with Gasteiger partial charge in [0, 0.05) is 4.83 Å². The Hall–Kier alpha value is -0.500. The monoisotopic (exact) mass is 284 g/mol. The minimum absolute atomic E-state index is 0.457. The lowest BCUT2D eigenvalue weighted by Gasteiger charge is -2.20. The van der Waals surface area contributed by atoms with Crippen LogP contribution in [-0.2, 0) is 0 Å². The van der Waals surface area contributed by atoms with Gasteiger partial charge in [0.05, 0.1) is 6.61 Å². The maximum atomic E-state index is 5.44. The standard InChI is InChI=1S/C14H21BrO/c1-4-11(5-2)14(15)12-7-9-13(10-8-12)16-6-3/h7-11,14H,4-6H2,1-3H3. The lowest BCUT2D eigenvalue weighted by Crippen LogP contribution is -2.05. The fourth-order valence-corrected chi connectivity index (χ4v) is 2.94. The highest BCUT2D eigenvalue weighted by molar-refractivity contribution is 9.09. The van der Waals surface area contributed by atoms with Gasteiger partial charge >= 0.3 is 0 Å². The molecule has 0 spiro atoms. The number of halogens is 1. The summed E-state index contributed by atoms with van der Waals surface area (Å²) in [6.07, 6.45) is 2.42. The second kappa shape index (κ2) is 6.95. The van der Waals surface area contributed by atoms with E-state index in [9.17, 15) is 0 Å². The van der Waals surface area contributed by atoms with Crippen LogP contribution in [0.25, 0.3) is 0 Å². The molecule has 0 saturated heterocycles. The van der Waals surface area contributed by atoms with Crippen molar-refractivity contribution < 1.29 is 4.74 Å². The molecule has 16 heavy (non-hydrogen) atoms. The average Bonchev–Trinajstić information content (AvgIpc) is 2.32. The molecule has 0 bridgehead atoms. The van der Waals surface area contributed by atoms with E-state index < -0.39 is 0 Å². The molecule has 0 radical (unpaired) electrons. The zero-order valence-electron chi connectivity index (χ0n) is 10.4. The van der Waals surface area contributed by atoms with Crippen LogP contribution in [0.1, 0.15) is 44.0 Å². The number of hydrogen-bond donors (Lipinski definition) is 0. The van der Waals surface area contributed by atoms with Crippen molar-refractivity contribution in [2.75, 3.05) is 6.61 Å². The summed E-state index contributed by atoms with van der Waals surface area (Å²) >= 11 is 3.80. The van der Waals surface area contributed by atoms with Gasteiger partial charge in [-0.05, 0) is 30.5 Å².